The number of anilines is 1. The van der Waals surface area contributed by atoms with Gasteiger partial charge in [0.1, 0.15) is 5.78 Å². The van der Waals surface area contributed by atoms with Gasteiger partial charge in [-0.2, -0.15) is 5.21 Å². The van der Waals surface area contributed by atoms with Crippen molar-refractivity contribution < 1.29 is 4.79 Å². The van der Waals surface area contributed by atoms with E-state index in [4.69, 9.17) is 9.97 Å². The van der Waals surface area contributed by atoms with E-state index in [9.17, 15) is 4.79 Å². The summed E-state index contributed by atoms with van der Waals surface area (Å²) in [5.41, 5.74) is 5.41. The predicted molar refractivity (Wildman–Crippen MR) is 139 cm³/mol. The Morgan fingerprint density at radius 3 is 2.50 bits per heavy atom. The highest BCUT2D eigenvalue weighted by molar-refractivity contribution is 5.84. The monoisotopic (exact) mass is 481 g/mol. The van der Waals surface area contributed by atoms with Gasteiger partial charge in [0.2, 0.25) is 11.8 Å². The number of benzene rings is 2. The number of H-pyrrole nitrogens is 1. The summed E-state index contributed by atoms with van der Waals surface area (Å²) >= 11 is 0. The third-order valence-electron chi connectivity index (χ3n) is 6.41. The molecule has 4 aromatic rings. The summed E-state index contributed by atoms with van der Waals surface area (Å²) in [4.78, 5) is 25.2. The lowest BCUT2D eigenvalue weighted by atomic mass is 10.0. The van der Waals surface area contributed by atoms with Gasteiger partial charge in [0.05, 0.1) is 11.4 Å². The number of aryl methyl sites for hydroxylation is 1. The van der Waals surface area contributed by atoms with Crippen molar-refractivity contribution in [1.29, 1.82) is 0 Å². The molecule has 0 atom stereocenters. The van der Waals surface area contributed by atoms with Crippen LogP contribution in [0.5, 0.6) is 0 Å². The SMILES string of the molecule is CCCN(CC1CC1)c1nc(CC(=O)Cc2ccc(C)cc2)cc(-c2ccccc2-c2nn[nH]n2)n1. The first-order valence-electron chi connectivity index (χ1n) is 12.6. The van der Waals surface area contributed by atoms with Crippen molar-refractivity contribution >= 4 is 11.7 Å². The van der Waals surface area contributed by atoms with Crippen molar-refractivity contribution in [3.63, 3.8) is 0 Å². The first-order valence-corrected chi connectivity index (χ1v) is 12.6. The smallest absolute Gasteiger partial charge is 0.226 e. The molecule has 1 N–H and O–H groups in total. The minimum absolute atomic E-state index is 0.130. The van der Waals surface area contributed by atoms with Gasteiger partial charge in [0.25, 0.3) is 0 Å². The van der Waals surface area contributed by atoms with Crippen LogP contribution < -0.4 is 4.90 Å². The molecule has 0 amide bonds. The lowest BCUT2D eigenvalue weighted by Crippen LogP contribution is -2.29. The highest BCUT2D eigenvalue weighted by atomic mass is 16.1. The zero-order chi connectivity index (χ0) is 24.9. The van der Waals surface area contributed by atoms with Crippen LogP contribution in [0, 0.1) is 12.8 Å². The number of ketones is 1. The number of carbonyl (C=O) groups excluding carboxylic acids is 1. The summed E-state index contributed by atoms with van der Waals surface area (Å²) < 4.78 is 0. The molecule has 2 heterocycles. The first kappa shape index (κ1) is 23.8. The Labute approximate surface area is 211 Å². The van der Waals surface area contributed by atoms with Crippen LogP contribution in [0.4, 0.5) is 5.95 Å². The molecule has 0 radical (unpaired) electrons. The molecular formula is C28H31N7O. The van der Waals surface area contributed by atoms with E-state index in [1.54, 1.807) is 0 Å². The average molecular weight is 482 g/mol. The molecule has 36 heavy (non-hydrogen) atoms. The van der Waals surface area contributed by atoms with E-state index in [1.165, 1.54) is 18.4 Å². The number of carbonyl (C=O) groups is 1. The molecule has 5 rings (SSSR count). The van der Waals surface area contributed by atoms with Gasteiger partial charge >= 0.3 is 0 Å². The van der Waals surface area contributed by atoms with Crippen molar-refractivity contribution in [3.8, 4) is 22.6 Å². The van der Waals surface area contributed by atoms with Gasteiger partial charge in [-0.25, -0.2) is 9.97 Å². The zero-order valence-corrected chi connectivity index (χ0v) is 20.8. The number of Topliss-reactive ketones (excluding diaryl/α,β-unsaturated/α-hetero) is 1. The van der Waals surface area contributed by atoms with E-state index < -0.39 is 0 Å². The van der Waals surface area contributed by atoms with Crippen molar-refractivity contribution in [2.75, 3.05) is 18.0 Å². The second-order valence-corrected chi connectivity index (χ2v) is 9.59. The van der Waals surface area contributed by atoms with Crippen LogP contribution in [0.2, 0.25) is 0 Å². The molecule has 1 aliphatic rings. The van der Waals surface area contributed by atoms with E-state index in [-0.39, 0.29) is 12.2 Å². The van der Waals surface area contributed by atoms with Gasteiger partial charge in [-0.05, 0) is 48.9 Å². The van der Waals surface area contributed by atoms with Gasteiger partial charge in [-0.15, -0.1) is 10.2 Å². The number of nitrogens with one attached hydrogen (secondary N) is 1. The molecule has 0 aliphatic heterocycles. The molecule has 0 saturated heterocycles. The van der Waals surface area contributed by atoms with Crippen LogP contribution in [-0.2, 0) is 17.6 Å². The number of aromatic amines is 1. The molecule has 8 heteroatoms. The standard InChI is InChI=1S/C28H31N7O/c1-3-14-35(18-21-12-13-21)28-29-22(16-23(36)15-20-10-8-19(2)9-11-20)17-26(30-28)24-6-4-5-7-25(24)27-31-33-34-32-27/h4-11,17,21H,3,12-16,18H2,1-2H3,(H,31,32,33,34). The highest BCUT2D eigenvalue weighted by Gasteiger charge is 2.26. The average Bonchev–Trinajstić information content (AvgIpc) is 3.53. The van der Waals surface area contributed by atoms with Crippen LogP contribution in [0.25, 0.3) is 22.6 Å². The second kappa shape index (κ2) is 10.8. The van der Waals surface area contributed by atoms with Crippen LogP contribution in [0.1, 0.15) is 43.0 Å². The maximum Gasteiger partial charge on any atom is 0.226 e. The predicted octanol–water partition coefficient (Wildman–Crippen LogP) is 4.61. The molecule has 1 saturated carbocycles. The Morgan fingerprint density at radius 1 is 1.03 bits per heavy atom. The summed E-state index contributed by atoms with van der Waals surface area (Å²) in [6.45, 7) is 6.04. The summed E-state index contributed by atoms with van der Waals surface area (Å²) in [7, 11) is 0. The Bertz CT molecular complexity index is 1310. The van der Waals surface area contributed by atoms with E-state index in [0.717, 1.165) is 47.6 Å². The molecule has 0 bridgehead atoms. The number of tetrazole rings is 1. The molecular weight excluding hydrogens is 450 g/mol. The van der Waals surface area contributed by atoms with Crippen LogP contribution in [0.15, 0.2) is 54.6 Å². The van der Waals surface area contributed by atoms with Crippen molar-refractivity contribution in [2.24, 2.45) is 5.92 Å². The maximum absolute atomic E-state index is 13.1. The Balaban J connectivity index is 1.50. The zero-order valence-electron chi connectivity index (χ0n) is 20.8. The molecule has 2 aromatic carbocycles. The minimum Gasteiger partial charge on any atom is -0.341 e. The largest absolute Gasteiger partial charge is 0.341 e. The quantitative estimate of drug-likeness (QED) is 0.334. The van der Waals surface area contributed by atoms with Gasteiger partial charge < -0.3 is 4.90 Å². The molecule has 1 aliphatic carbocycles. The molecule has 1 fully saturated rings. The lowest BCUT2D eigenvalue weighted by molar-refractivity contribution is -0.117. The van der Waals surface area contributed by atoms with E-state index >= 15 is 0 Å². The molecule has 184 valence electrons. The van der Waals surface area contributed by atoms with Gasteiger partial charge in [-0.1, -0.05) is 61.0 Å². The van der Waals surface area contributed by atoms with Crippen LogP contribution in [0.3, 0.4) is 0 Å². The fourth-order valence-electron chi connectivity index (χ4n) is 4.38. The summed E-state index contributed by atoms with van der Waals surface area (Å²) in [6.07, 6.45) is 4.14. The Hall–Kier alpha value is -3.94. The number of aromatic nitrogens is 6. The Kier molecular flexibility index (Phi) is 7.11. The fourth-order valence-corrected chi connectivity index (χ4v) is 4.38. The number of rotatable bonds is 11. The molecule has 2 aromatic heterocycles. The lowest BCUT2D eigenvalue weighted by Gasteiger charge is -2.23. The minimum atomic E-state index is 0.130. The number of nitrogens with zero attached hydrogens (tertiary/aromatic N) is 6. The topological polar surface area (TPSA) is 101 Å². The van der Waals surface area contributed by atoms with E-state index in [0.29, 0.717) is 24.1 Å². The van der Waals surface area contributed by atoms with E-state index in [2.05, 4.69) is 32.4 Å². The number of hydrogen-bond acceptors (Lipinski definition) is 7. The van der Waals surface area contributed by atoms with Crippen LogP contribution in [-0.4, -0.2) is 49.5 Å². The van der Waals surface area contributed by atoms with Crippen molar-refractivity contribution in [2.45, 2.75) is 46.0 Å². The summed E-state index contributed by atoms with van der Waals surface area (Å²) in [5.74, 6) is 2.01. The van der Waals surface area contributed by atoms with Crippen molar-refractivity contribution in [3.05, 3.63) is 71.4 Å². The Morgan fingerprint density at radius 2 is 1.81 bits per heavy atom. The molecule has 8 nitrogen and oxygen atoms in total. The van der Waals surface area contributed by atoms with Crippen LogP contribution >= 0.6 is 0 Å². The third-order valence-corrected chi connectivity index (χ3v) is 6.41. The first-order chi connectivity index (χ1) is 17.6. The van der Waals surface area contributed by atoms with Crippen molar-refractivity contribution in [1.82, 2.24) is 30.6 Å². The molecule has 0 unspecified atom stereocenters. The summed E-state index contributed by atoms with van der Waals surface area (Å²) in [5, 5.41) is 14.6. The highest BCUT2D eigenvalue weighted by Crippen LogP contribution is 2.33. The van der Waals surface area contributed by atoms with Gasteiger partial charge in [-0.3, -0.25) is 4.79 Å². The second-order valence-electron chi connectivity index (χ2n) is 9.59. The normalized spacial score (nSPS) is 13.1. The van der Waals surface area contributed by atoms with E-state index in [1.807, 2.05) is 61.5 Å². The fraction of sp³-hybridized carbons (Fsp3) is 0.357. The third kappa shape index (κ3) is 5.82. The van der Waals surface area contributed by atoms with Gasteiger partial charge in [0.15, 0.2) is 0 Å². The van der Waals surface area contributed by atoms with Gasteiger partial charge in [0, 0.05) is 37.1 Å². The number of hydrogen-bond donors (Lipinski definition) is 1. The maximum atomic E-state index is 13.1. The summed E-state index contributed by atoms with van der Waals surface area (Å²) in [6, 6.07) is 17.9. The molecule has 0 spiro atoms.